The second-order valence-corrected chi connectivity index (χ2v) is 6.26. The molecule has 1 N–H and O–H groups in total. The van der Waals surface area contributed by atoms with Crippen LogP contribution in [0.4, 0.5) is 11.4 Å². The number of fused-ring (bicyclic) bond motifs is 3. The molecular formula is C19H18N2O3. The molecule has 1 aliphatic carbocycles. The van der Waals surface area contributed by atoms with Crippen molar-refractivity contribution >= 4 is 11.4 Å². The summed E-state index contributed by atoms with van der Waals surface area (Å²) in [6.07, 6.45) is 5.30. The molecular weight excluding hydrogens is 304 g/mol. The number of nitro groups is 1. The quantitative estimate of drug-likeness (QED) is 0.516. The highest BCUT2D eigenvalue weighted by atomic mass is 16.6. The Labute approximate surface area is 140 Å². The van der Waals surface area contributed by atoms with Gasteiger partial charge in [0, 0.05) is 12.0 Å². The van der Waals surface area contributed by atoms with Crippen molar-refractivity contribution in [2.24, 2.45) is 5.92 Å². The predicted octanol–water partition coefficient (Wildman–Crippen LogP) is 4.43. The first-order valence-corrected chi connectivity index (χ1v) is 8.03. The van der Waals surface area contributed by atoms with Gasteiger partial charge in [-0.05, 0) is 23.5 Å². The molecule has 5 nitrogen and oxygen atoms in total. The summed E-state index contributed by atoms with van der Waals surface area (Å²) in [7, 11) is 1.55. The lowest BCUT2D eigenvalue weighted by molar-refractivity contribution is -0.385. The van der Waals surface area contributed by atoms with Crippen molar-refractivity contribution in [3.63, 3.8) is 0 Å². The van der Waals surface area contributed by atoms with Gasteiger partial charge >= 0.3 is 0 Å². The fraction of sp³-hybridized carbons (Fsp3) is 0.263. The Morgan fingerprint density at radius 1 is 1.25 bits per heavy atom. The van der Waals surface area contributed by atoms with Crippen molar-refractivity contribution < 1.29 is 9.66 Å². The number of hydrogen-bond acceptors (Lipinski definition) is 4. The summed E-state index contributed by atoms with van der Waals surface area (Å²) < 4.78 is 5.45. The van der Waals surface area contributed by atoms with Gasteiger partial charge in [-0.3, -0.25) is 10.1 Å². The zero-order valence-corrected chi connectivity index (χ0v) is 13.3. The van der Waals surface area contributed by atoms with Crippen LogP contribution in [0.1, 0.15) is 29.5 Å². The second kappa shape index (κ2) is 5.67. The molecule has 0 aromatic heterocycles. The number of ether oxygens (including phenoxy) is 1. The highest BCUT2D eigenvalue weighted by molar-refractivity contribution is 5.71. The molecule has 0 bridgehead atoms. The van der Waals surface area contributed by atoms with Crippen LogP contribution >= 0.6 is 0 Å². The molecule has 24 heavy (non-hydrogen) atoms. The largest absolute Gasteiger partial charge is 0.494 e. The van der Waals surface area contributed by atoms with E-state index < -0.39 is 0 Å². The minimum Gasteiger partial charge on any atom is -0.494 e. The number of allylic oxidation sites excluding steroid dienone is 2. The van der Waals surface area contributed by atoms with Crippen molar-refractivity contribution in [3.8, 4) is 5.75 Å². The minimum atomic E-state index is -0.361. The molecule has 2 aromatic rings. The maximum Gasteiger partial charge on any atom is 0.273 e. The summed E-state index contributed by atoms with van der Waals surface area (Å²) in [5.41, 5.74) is 3.11. The lowest BCUT2D eigenvalue weighted by atomic mass is 9.76. The highest BCUT2D eigenvalue weighted by Gasteiger charge is 2.40. The van der Waals surface area contributed by atoms with Gasteiger partial charge in [0.2, 0.25) is 0 Å². The average molecular weight is 322 g/mol. The van der Waals surface area contributed by atoms with E-state index in [0.717, 1.165) is 17.7 Å². The van der Waals surface area contributed by atoms with Crippen LogP contribution in [0.15, 0.2) is 54.6 Å². The summed E-state index contributed by atoms with van der Waals surface area (Å²) in [6.45, 7) is 0. The molecule has 4 rings (SSSR count). The summed E-state index contributed by atoms with van der Waals surface area (Å²) in [5, 5.41) is 14.8. The average Bonchev–Trinajstić information content (AvgIpc) is 3.10. The number of non-ortho nitro benzene ring substituents is 1. The fourth-order valence-electron chi connectivity index (χ4n) is 3.91. The molecule has 1 heterocycles. The SMILES string of the molecule is COc1cc([N+](=O)[O-])cc2c1N[C@H](c1ccccc1)[C@@H]1CC=C[C@H]21. The molecule has 0 amide bonds. The lowest BCUT2D eigenvalue weighted by Gasteiger charge is -2.38. The summed E-state index contributed by atoms with van der Waals surface area (Å²) >= 11 is 0. The molecule has 0 fully saturated rings. The van der Waals surface area contributed by atoms with Crippen molar-refractivity contribution in [3.05, 3.63) is 75.9 Å². The third kappa shape index (κ3) is 2.24. The van der Waals surface area contributed by atoms with E-state index in [4.69, 9.17) is 4.74 Å². The first-order valence-electron chi connectivity index (χ1n) is 8.03. The van der Waals surface area contributed by atoms with Crippen molar-refractivity contribution in [2.45, 2.75) is 18.4 Å². The van der Waals surface area contributed by atoms with E-state index in [0.29, 0.717) is 11.7 Å². The molecule has 0 spiro atoms. The van der Waals surface area contributed by atoms with Crippen molar-refractivity contribution in [1.29, 1.82) is 0 Å². The molecule has 0 unspecified atom stereocenters. The number of hydrogen-bond donors (Lipinski definition) is 1. The lowest BCUT2D eigenvalue weighted by Crippen LogP contribution is -2.29. The number of nitro benzene ring substituents is 1. The van der Waals surface area contributed by atoms with Crippen LogP contribution in [-0.2, 0) is 0 Å². The van der Waals surface area contributed by atoms with E-state index >= 15 is 0 Å². The van der Waals surface area contributed by atoms with Crippen LogP contribution in [0.5, 0.6) is 5.75 Å². The molecule has 2 aliphatic rings. The number of nitrogens with one attached hydrogen (secondary N) is 1. The maximum absolute atomic E-state index is 11.2. The number of anilines is 1. The zero-order valence-electron chi connectivity index (χ0n) is 13.3. The molecule has 0 saturated heterocycles. The Morgan fingerprint density at radius 3 is 2.75 bits per heavy atom. The molecule has 122 valence electrons. The van der Waals surface area contributed by atoms with Crippen LogP contribution in [0, 0.1) is 16.0 Å². The van der Waals surface area contributed by atoms with Gasteiger partial charge in [0.15, 0.2) is 0 Å². The standard InChI is InChI=1S/C19H18N2O3/c1-24-17-11-13(21(22)23)10-16-14-8-5-9-15(14)18(20-19(16)17)12-6-3-2-4-7-12/h2-8,10-11,14-15,18,20H,9H2,1H3/t14-,15+,18+/m0/s1. The van der Waals surface area contributed by atoms with Crippen LogP contribution in [0.25, 0.3) is 0 Å². The normalized spacial score (nSPS) is 24.0. The molecule has 3 atom stereocenters. The van der Waals surface area contributed by atoms with E-state index in [9.17, 15) is 10.1 Å². The fourth-order valence-corrected chi connectivity index (χ4v) is 3.91. The van der Waals surface area contributed by atoms with E-state index in [2.05, 4.69) is 29.6 Å². The Kier molecular flexibility index (Phi) is 3.49. The third-order valence-corrected chi connectivity index (χ3v) is 5.01. The third-order valence-electron chi connectivity index (χ3n) is 5.01. The number of methoxy groups -OCH3 is 1. The highest BCUT2D eigenvalue weighted by Crippen LogP contribution is 2.53. The minimum absolute atomic E-state index is 0.0737. The molecule has 5 heteroatoms. The van der Waals surface area contributed by atoms with Crippen molar-refractivity contribution in [1.82, 2.24) is 0 Å². The number of rotatable bonds is 3. The van der Waals surface area contributed by atoms with Gasteiger partial charge < -0.3 is 10.1 Å². The van der Waals surface area contributed by atoms with Gasteiger partial charge in [0.25, 0.3) is 5.69 Å². The van der Waals surface area contributed by atoms with E-state index in [1.54, 1.807) is 13.2 Å². The topological polar surface area (TPSA) is 64.4 Å². The van der Waals surface area contributed by atoms with Gasteiger partial charge in [-0.15, -0.1) is 0 Å². The Hall–Kier alpha value is -2.82. The summed E-state index contributed by atoms with van der Waals surface area (Å²) in [6, 6.07) is 13.7. The van der Waals surface area contributed by atoms with Crippen LogP contribution in [0.2, 0.25) is 0 Å². The van der Waals surface area contributed by atoms with Gasteiger partial charge in [0.05, 0.1) is 29.8 Å². The second-order valence-electron chi connectivity index (χ2n) is 6.26. The molecule has 2 aromatic carbocycles. The van der Waals surface area contributed by atoms with Gasteiger partial charge in [0.1, 0.15) is 5.75 Å². The van der Waals surface area contributed by atoms with E-state index in [1.165, 1.54) is 11.6 Å². The summed E-state index contributed by atoms with van der Waals surface area (Å²) in [4.78, 5) is 10.9. The number of benzene rings is 2. The molecule has 0 radical (unpaired) electrons. The van der Waals surface area contributed by atoms with Crippen molar-refractivity contribution in [2.75, 3.05) is 12.4 Å². The van der Waals surface area contributed by atoms with Crippen LogP contribution in [-0.4, -0.2) is 12.0 Å². The Bertz CT molecular complexity index is 817. The molecule has 0 saturated carbocycles. The van der Waals surface area contributed by atoms with Crippen LogP contribution in [0.3, 0.4) is 0 Å². The maximum atomic E-state index is 11.2. The van der Waals surface area contributed by atoms with Gasteiger partial charge in [-0.1, -0.05) is 42.5 Å². The van der Waals surface area contributed by atoms with Gasteiger partial charge in [-0.2, -0.15) is 0 Å². The van der Waals surface area contributed by atoms with E-state index in [-0.39, 0.29) is 22.6 Å². The smallest absolute Gasteiger partial charge is 0.273 e. The first kappa shape index (κ1) is 14.8. The zero-order chi connectivity index (χ0) is 16.7. The number of nitrogens with zero attached hydrogens (tertiary/aromatic N) is 1. The Morgan fingerprint density at radius 2 is 2.04 bits per heavy atom. The summed E-state index contributed by atoms with van der Waals surface area (Å²) in [5.74, 6) is 1.05. The monoisotopic (exact) mass is 322 g/mol. The first-order chi connectivity index (χ1) is 11.7. The van der Waals surface area contributed by atoms with Gasteiger partial charge in [-0.25, -0.2) is 0 Å². The predicted molar refractivity (Wildman–Crippen MR) is 92.4 cm³/mol. The Balaban J connectivity index is 1.86. The van der Waals surface area contributed by atoms with E-state index in [1.807, 2.05) is 18.2 Å². The van der Waals surface area contributed by atoms with Crippen LogP contribution < -0.4 is 10.1 Å². The molecule has 1 aliphatic heterocycles.